The van der Waals surface area contributed by atoms with Gasteiger partial charge in [0.1, 0.15) is 0 Å². The van der Waals surface area contributed by atoms with E-state index in [0.29, 0.717) is 0 Å². The van der Waals surface area contributed by atoms with Crippen molar-refractivity contribution in [1.29, 1.82) is 0 Å². The van der Waals surface area contributed by atoms with Gasteiger partial charge in [-0.2, -0.15) is 10.2 Å². The molecular formula is C7H11N3O. The molecule has 1 aliphatic rings. The molecule has 0 aliphatic carbocycles. The Morgan fingerprint density at radius 2 is 2.36 bits per heavy atom. The third kappa shape index (κ3) is 0.948. The summed E-state index contributed by atoms with van der Waals surface area (Å²) in [6, 6.07) is 0. The SMILES string of the molecule is CON1Cc2[nH]nc(C)c2C1. The minimum atomic E-state index is 0.826. The Bertz CT molecular complexity index is 269. The number of aryl methyl sites for hydroxylation is 1. The number of H-pyrrole nitrogens is 1. The number of nitrogens with one attached hydrogen (secondary N) is 1. The van der Waals surface area contributed by atoms with E-state index >= 15 is 0 Å². The lowest BCUT2D eigenvalue weighted by Gasteiger charge is -2.09. The van der Waals surface area contributed by atoms with Gasteiger partial charge in [-0.1, -0.05) is 0 Å². The first-order valence-corrected chi connectivity index (χ1v) is 3.63. The van der Waals surface area contributed by atoms with E-state index in [4.69, 9.17) is 4.84 Å². The summed E-state index contributed by atoms with van der Waals surface area (Å²) in [5.74, 6) is 0. The van der Waals surface area contributed by atoms with E-state index in [9.17, 15) is 0 Å². The zero-order chi connectivity index (χ0) is 7.84. The van der Waals surface area contributed by atoms with Crippen molar-refractivity contribution in [3.05, 3.63) is 17.0 Å². The molecule has 1 aliphatic heterocycles. The molecule has 2 heterocycles. The predicted molar refractivity (Wildman–Crippen MR) is 39.6 cm³/mol. The monoisotopic (exact) mass is 153 g/mol. The second kappa shape index (κ2) is 2.32. The molecule has 2 rings (SSSR count). The second-order valence-electron chi connectivity index (χ2n) is 2.75. The molecule has 0 bridgehead atoms. The smallest absolute Gasteiger partial charge is 0.0665 e. The molecule has 4 nitrogen and oxygen atoms in total. The lowest BCUT2D eigenvalue weighted by Crippen LogP contribution is -2.14. The summed E-state index contributed by atoms with van der Waals surface area (Å²) >= 11 is 0. The Morgan fingerprint density at radius 1 is 1.55 bits per heavy atom. The quantitative estimate of drug-likeness (QED) is 0.642. The number of rotatable bonds is 1. The van der Waals surface area contributed by atoms with Crippen LogP contribution in [-0.2, 0) is 17.9 Å². The third-order valence-electron chi connectivity index (χ3n) is 2.09. The van der Waals surface area contributed by atoms with Gasteiger partial charge in [-0.05, 0) is 6.92 Å². The number of hydrogen-bond donors (Lipinski definition) is 1. The molecule has 0 unspecified atom stereocenters. The van der Waals surface area contributed by atoms with Gasteiger partial charge in [-0.15, -0.1) is 0 Å². The maximum Gasteiger partial charge on any atom is 0.0665 e. The van der Waals surface area contributed by atoms with Crippen molar-refractivity contribution < 1.29 is 4.84 Å². The van der Waals surface area contributed by atoms with Crippen molar-refractivity contribution in [3.63, 3.8) is 0 Å². The molecule has 1 N–H and O–H groups in total. The normalized spacial score (nSPS) is 17.3. The number of aromatic nitrogens is 2. The summed E-state index contributed by atoms with van der Waals surface area (Å²) in [5, 5.41) is 8.98. The molecule has 1 aromatic rings. The highest BCUT2D eigenvalue weighted by Gasteiger charge is 2.22. The number of aromatic amines is 1. The lowest BCUT2D eigenvalue weighted by molar-refractivity contribution is -0.138. The molecule has 60 valence electrons. The minimum Gasteiger partial charge on any atom is -0.302 e. The van der Waals surface area contributed by atoms with E-state index in [1.165, 1.54) is 11.3 Å². The highest BCUT2D eigenvalue weighted by atomic mass is 16.7. The largest absolute Gasteiger partial charge is 0.302 e. The average Bonchev–Trinajstić information content (AvgIpc) is 2.53. The minimum absolute atomic E-state index is 0.826. The van der Waals surface area contributed by atoms with Crippen LogP contribution in [0.15, 0.2) is 0 Å². The number of hydroxylamine groups is 2. The highest BCUT2D eigenvalue weighted by Crippen LogP contribution is 2.22. The van der Waals surface area contributed by atoms with Crippen LogP contribution in [0.5, 0.6) is 0 Å². The van der Waals surface area contributed by atoms with Gasteiger partial charge in [0, 0.05) is 5.56 Å². The Kier molecular flexibility index (Phi) is 1.44. The molecule has 0 saturated carbocycles. The zero-order valence-corrected chi connectivity index (χ0v) is 6.72. The van der Waals surface area contributed by atoms with Crippen molar-refractivity contribution in [2.24, 2.45) is 0 Å². The predicted octanol–water partition coefficient (Wildman–Crippen LogP) is 0.595. The molecule has 4 heteroatoms. The first kappa shape index (κ1) is 6.82. The summed E-state index contributed by atoms with van der Waals surface area (Å²) in [6.07, 6.45) is 0. The number of fused-ring (bicyclic) bond motifs is 1. The van der Waals surface area contributed by atoms with Crippen molar-refractivity contribution in [2.75, 3.05) is 7.11 Å². The van der Waals surface area contributed by atoms with Gasteiger partial charge in [-0.3, -0.25) is 5.10 Å². The Labute approximate surface area is 65.1 Å². The van der Waals surface area contributed by atoms with Gasteiger partial charge in [0.2, 0.25) is 0 Å². The molecule has 0 saturated heterocycles. The Balaban J connectivity index is 2.27. The molecule has 0 aromatic carbocycles. The molecule has 0 fully saturated rings. The van der Waals surface area contributed by atoms with Crippen LogP contribution < -0.4 is 0 Å². The van der Waals surface area contributed by atoms with E-state index in [1.807, 2.05) is 12.0 Å². The van der Waals surface area contributed by atoms with Gasteiger partial charge in [-0.25, -0.2) is 0 Å². The van der Waals surface area contributed by atoms with E-state index in [2.05, 4.69) is 10.2 Å². The lowest BCUT2D eigenvalue weighted by atomic mass is 10.2. The van der Waals surface area contributed by atoms with Gasteiger partial charge in [0.05, 0.1) is 31.6 Å². The van der Waals surface area contributed by atoms with Gasteiger partial charge >= 0.3 is 0 Å². The number of nitrogens with zero attached hydrogens (tertiary/aromatic N) is 2. The second-order valence-corrected chi connectivity index (χ2v) is 2.75. The number of hydrogen-bond acceptors (Lipinski definition) is 3. The van der Waals surface area contributed by atoms with Gasteiger partial charge < -0.3 is 4.84 Å². The molecule has 0 spiro atoms. The van der Waals surface area contributed by atoms with Gasteiger partial charge in [0.15, 0.2) is 0 Å². The topological polar surface area (TPSA) is 41.1 Å². The summed E-state index contributed by atoms with van der Waals surface area (Å²) in [4.78, 5) is 5.09. The maximum absolute atomic E-state index is 5.09. The molecular weight excluding hydrogens is 142 g/mol. The van der Waals surface area contributed by atoms with E-state index in [0.717, 1.165) is 18.8 Å². The van der Waals surface area contributed by atoms with Crippen LogP contribution in [0.1, 0.15) is 17.0 Å². The Hall–Kier alpha value is -0.870. The van der Waals surface area contributed by atoms with Gasteiger partial charge in [0.25, 0.3) is 0 Å². The summed E-state index contributed by atoms with van der Waals surface area (Å²) in [6.45, 7) is 3.69. The molecule has 0 radical (unpaired) electrons. The fraction of sp³-hybridized carbons (Fsp3) is 0.571. The van der Waals surface area contributed by atoms with Crippen molar-refractivity contribution >= 4 is 0 Å². The fourth-order valence-electron chi connectivity index (χ4n) is 1.38. The molecule has 0 atom stereocenters. The van der Waals surface area contributed by atoms with Crippen LogP contribution in [0.25, 0.3) is 0 Å². The summed E-state index contributed by atoms with van der Waals surface area (Å²) in [7, 11) is 1.69. The standard InChI is InChI=1S/C7H11N3O/c1-5-6-3-10(11-2)4-7(6)9-8-5/h3-4H2,1-2H3,(H,8,9). The highest BCUT2D eigenvalue weighted by molar-refractivity contribution is 5.26. The third-order valence-corrected chi connectivity index (χ3v) is 2.09. The van der Waals surface area contributed by atoms with E-state index in [-0.39, 0.29) is 0 Å². The fourth-order valence-corrected chi connectivity index (χ4v) is 1.38. The molecule has 11 heavy (non-hydrogen) atoms. The van der Waals surface area contributed by atoms with E-state index in [1.54, 1.807) is 7.11 Å². The van der Waals surface area contributed by atoms with Crippen LogP contribution in [0.3, 0.4) is 0 Å². The molecule has 1 aromatic heterocycles. The first-order valence-electron chi connectivity index (χ1n) is 3.63. The van der Waals surface area contributed by atoms with E-state index < -0.39 is 0 Å². The van der Waals surface area contributed by atoms with Crippen LogP contribution in [0, 0.1) is 6.92 Å². The molecule has 0 amide bonds. The van der Waals surface area contributed by atoms with Crippen molar-refractivity contribution in [3.8, 4) is 0 Å². The Morgan fingerprint density at radius 3 is 3.00 bits per heavy atom. The zero-order valence-electron chi connectivity index (χ0n) is 6.72. The summed E-state index contributed by atoms with van der Waals surface area (Å²) < 4.78 is 0. The average molecular weight is 153 g/mol. The van der Waals surface area contributed by atoms with Crippen molar-refractivity contribution in [2.45, 2.75) is 20.0 Å². The van der Waals surface area contributed by atoms with Crippen molar-refractivity contribution in [1.82, 2.24) is 15.3 Å². The summed E-state index contributed by atoms with van der Waals surface area (Å²) in [5.41, 5.74) is 3.55. The van der Waals surface area contributed by atoms with Crippen LogP contribution >= 0.6 is 0 Å². The first-order chi connectivity index (χ1) is 5.31. The van der Waals surface area contributed by atoms with Crippen LogP contribution in [-0.4, -0.2) is 22.4 Å². The maximum atomic E-state index is 5.09. The van der Waals surface area contributed by atoms with Crippen LogP contribution in [0.4, 0.5) is 0 Å². The van der Waals surface area contributed by atoms with Crippen LogP contribution in [0.2, 0.25) is 0 Å².